The molecule has 1 aromatic carbocycles. The summed E-state index contributed by atoms with van der Waals surface area (Å²) in [5, 5.41) is 8.69. The molecule has 1 aromatic rings. The van der Waals surface area contributed by atoms with Gasteiger partial charge in [-0.25, -0.2) is 17.2 Å². The first-order valence-electron chi connectivity index (χ1n) is 6.45. The smallest absolute Gasteiger partial charge is 0.247 e. The van der Waals surface area contributed by atoms with Crippen molar-refractivity contribution in [2.75, 3.05) is 19.7 Å². The Morgan fingerprint density at radius 3 is 2.71 bits per heavy atom. The molecule has 1 heterocycles. The summed E-state index contributed by atoms with van der Waals surface area (Å²) in [4.78, 5) is -0.626. The van der Waals surface area contributed by atoms with Crippen LogP contribution >= 0.6 is 0 Å². The Kier molecular flexibility index (Phi) is 4.61. The zero-order valence-electron chi connectivity index (χ0n) is 11.4. The summed E-state index contributed by atoms with van der Waals surface area (Å²) in [6, 6.07) is 1.38. The van der Waals surface area contributed by atoms with Crippen molar-refractivity contribution in [2.24, 2.45) is 5.92 Å². The van der Waals surface area contributed by atoms with Gasteiger partial charge in [-0.3, -0.25) is 0 Å². The highest BCUT2D eigenvalue weighted by Crippen LogP contribution is 2.28. The molecular formula is C14H15F2NO3S. The SMILES string of the molecule is CC1CCN(S(=O)(=O)c2c(F)cc(F)cc2C#CCO)C1. The van der Waals surface area contributed by atoms with Crippen molar-refractivity contribution >= 4 is 10.0 Å². The van der Waals surface area contributed by atoms with E-state index in [1.165, 1.54) is 4.31 Å². The van der Waals surface area contributed by atoms with E-state index >= 15 is 0 Å². The van der Waals surface area contributed by atoms with E-state index in [1.807, 2.05) is 6.92 Å². The van der Waals surface area contributed by atoms with Crippen LogP contribution in [-0.2, 0) is 10.0 Å². The maximum Gasteiger partial charge on any atom is 0.247 e. The number of rotatable bonds is 2. The van der Waals surface area contributed by atoms with Crippen molar-refractivity contribution in [1.82, 2.24) is 4.31 Å². The van der Waals surface area contributed by atoms with Gasteiger partial charge in [0, 0.05) is 19.2 Å². The van der Waals surface area contributed by atoms with Crippen molar-refractivity contribution in [2.45, 2.75) is 18.2 Å². The Hall–Kier alpha value is -1.49. The Bertz CT molecular complexity index is 707. The number of aliphatic hydroxyl groups excluding tert-OH is 1. The van der Waals surface area contributed by atoms with Crippen LogP contribution in [0.2, 0.25) is 0 Å². The summed E-state index contributed by atoms with van der Waals surface area (Å²) in [5.74, 6) is 2.63. The number of nitrogens with zero attached hydrogens (tertiary/aromatic N) is 1. The highest BCUT2D eigenvalue weighted by atomic mass is 32.2. The van der Waals surface area contributed by atoms with Crippen molar-refractivity contribution < 1.29 is 22.3 Å². The molecule has 114 valence electrons. The number of hydrogen-bond acceptors (Lipinski definition) is 3. The molecule has 21 heavy (non-hydrogen) atoms. The molecule has 1 saturated heterocycles. The van der Waals surface area contributed by atoms with E-state index in [4.69, 9.17) is 5.11 Å². The lowest BCUT2D eigenvalue weighted by molar-refractivity contribution is 0.350. The van der Waals surface area contributed by atoms with Gasteiger partial charge in [-0.1, -0.05) is 18.8 Å². The Morgan fingerprint density at radius 2 is 2.14 bits per heavy atom. The van der Waals surface area contributed by atoms with Gasteiger partial charge in [0.25, 0.3) is 0 Å². The first kappa shape index (κ1) is 15.9. The highest BCUT2D eigenvalue weighted by molar-refractivity contribution is 7.89. The molecule has 7 heteroatoms. The Morgan fingerprint density at radius 1 is 1.43 bits per heavy atom. The minimum Gasteiger partial charge on any atom is -0.384 e. The normalized spacial score (nSPS) is 19.3. The van der Waals surface area contributed by atoms with Gasteiger partial charge >= 0.3 is 0 Å². The second-order valence-electron chi connectivity index (χ2n) is 4.98. The Balaban J connectivity index is 2.56. The largest absolute Gasteiger partial charge is 0.384 e. The molecule has 1 fully saturated rings. The lowest BCUT2D eigenvalue weighted by atomic mass is 10.2. The molecule has 0 spiro atoms. The van der Waals surface area contributed by atoms with Gasteiger partial charge in [0.2, 0.25) is 10.0 Å². The van der Waals surface area contributed by atoms with Crippen LogP contribution in [0.4, 0.5) is 8.78 Å². The molecule has 1 atom stereocenters. The molecule has 0 bridgehead atoms. The average molecular weight is 315 g/mol. The van der Waals surface area contributed by atoms with Crippen LogP contribution in [0.1, 0.15) is 18.9 Å². The minimum absolute atomic E-state index is 0.190. The molecular weight excluding hydrogens is 300 g/mol. The monoisotopic (exact) mass is 315 g/mol. The molecule has 1 unspecified atom stereocenters. The molecule has 0 saturated carbocycles. The van der Waals surface area contributed by atoms with E-state index in [2.05, 4.69) is 11.8 Å². The third-order valence-corrected chi connectivity index (χ3v) is 5.24. The maximum atomic E-state index is 14.0. The van der Waals surface area contributed by atoms with Gasteiger partial charge in [-0.15, -0.1) is 0 Å². The van der Waals surface area contributed by atoms with E-state index < -0.39 is 33.2 Å². The molecule has 1 aliphatic rings. The van der Waals surface area contributed by atoms with Gasteiger partial charge in [0.1, 0.15) is 23.1 Å². The van der Waals surface area contributed by atoms with Crippen LogP contribution in [0.15, 0.2) is 17.0 Å². The van der Waals surface area contributed by atoms with Crippen LogP contribution in [0.25, 0.3) is 0 Å². The van der Waals surface area contributed by atoms with Crippen molar-refractivity contribution in [3.63, 3.8) is 0 Å². The summed E-state index contributed by atoms with van der Waals surface area (Å²) < 4.78 is 53.5. The zero-order valence-corrected chi connectivity index (χ0v) is 12.3. The van der Waals surface area contributed by atoms with Crippen molar-refractivity contribution in [3.05, 3.63) is 29.3 Å². The lowest BCUT2D eigenvalue weighted by Crippen LogP contribution is -2.30. The van der Waals surface area contributed by atoms with E-state index in [0.29, 0.717) is 25.6 Å². The summed E-state index contributed by atoms with van der Waals surface area (Å²) in [6.45, 7) is 1.97. The van der Waals surface area contributed by atoms with Gasteiger partial charge in [0.05, 0.1) is 5.56 Å². The molecule has 1 N–H and O–H groups in total. The number of halogens is 2. The average Bonchev–Trinajstić information content (AvgIpc) is 2.82. The third kappa shape index (κ3) is 3.23. The topological polar surface area (TPSA) is 57.6 Å². The summed E-state index contributed by atoms with van der Waals surface area (Å²) in [6.07, 6.45) is 0.694. The van der Waals surface area contributed by atoms with Crippen molar-refractivity contribution in [3.8, 4) is 11.8 Å². The third-order valence-electron chi connectivity index (χ3n) is 3.29. The molecule has 0 radical (unpaired) electrons. The first-order chi connectivity index (χ1) is 9.86. The van der Waals surface area contributed by atoms with Crippen LogP contribution < -0.4 is 0 Å². The van der Waals surface area contributed by atoms with Crippen LogP contribution in [0, 0.1) is 29.4 Å². The van der Waals surface area contributed by atoms with Gasteiger partial charge in [-0.2, -0.15) is 4.31 Å². The van der Waals surface area contributed by atoms with Crippen LogP contribution in [-0.4, -0.2) is 37.5 Å². The Labute approximate surface area is 122 Å². The number of aliphatic hydroxyl groups is 1. The summed E-state index contributed by atoms with van der Waals surface area (Å²) in [7, 11) is -4.07. The second kappa shape index (κ2) is 6.10. The van der Waals surface area contributed by atoms with Crippen LogP contribution in [0.5, 0.6) is 0 Å². The molecule has 0 aliphatic carbocycles. The fraction of sp³-hybridized carbons (Fsp3) is 0.429. The van der Waals surface area contributed by atoms with Gasteiger partial charge < -0.3 is 5.11 Å². The summed E-state index contributed by atoms with van der Waals surface area (Å²) >= 11 is 0. The molecule has 4 nitrogen and oxygen atoms in total. The minimum atomic E-state index is -4.07. The standard InChI is InChI=1S/C14H15F2NO3S/c1-10-4-5-17(9-10)21(19,20)14-11(3-2-6-18)7-12(15)8-13(14)16/h7-8,10,18H,4-6,9H2,1H3. The first-order valence-corrected chi connectivity index (χ1v) is 7.89. The van der Waals surface area contributed by atoms with E-state index in [-0.39, 0.29) is 11.5 Å². The second-order valence-corrected chi connectivity index (χ2v) is 6.86. The number of benzene rings is 1. The van der Waals surface area contributed by atoms with Gasteiger partial charge in [-0.05, 0) is 18.4 Å². The molecule has 1 aliphatic heterocycles. The summed E-state index contributed by atoms with van der Waals surface area (Å²) in [5.41, 5.74) is -0.277. The fourth-order valence-corrected chi connectivity index (χ4v) is 4.04. The van der Waals surface area contributed by atoms with E-state index in [1.54, 1.807) is 0 Å². The van der Waals surface area contributed by atoms with Gasteiger partial charge in [0.15, 0.2) is 0 Å². The molecule has 0 aromatic heterocycles. The van der Waals surface area contributed by atoms with E-state index in [0.717, 1.165) is 6.07 Å². The number of sulfonamides is 1. The zero-order chi connectivity index (χ0) is 15.6. The van der Waals surface area contributed by atoms with E-state index in [9.17, 15) is 17.2 Å². The van der Waals surface area contributed by atoms with Crippen molar-refractivity contribution in [1.29, 1.82) is 0 Å². The highest BCUT2D eigenvalue weighted by Gasteiger charge is 2.34. The number of hydrogen-bond donors (Lipinski definition) is 1. The predicted octanol–water partition coefficient (Wildman–Crippen LogP) is 1.34. The lowest BCUT2D eigenvalue weighted by Gasteiger charge is -2.17. The fourth-order valence-electron chi connectivity index (χ4n) is 2.29. The predicted molar refractivity (Wildman–Crippen MR) is 72.9 cm³/mol. The maximum absolute atomic E-state index is 14.0. The quantitative estimate of drug-likeness (QED) is 0.838. The molecule has 0 amide bonds. The molecule has 2 rings (SSSR count). The van der Waals surface area contributed by atoms with Crippen LogP contribution in [0.3, 0.4) is 0 Å².